The zero-order chi connectivity index (χ0) is 24.7. The molecule has 4 aromatic rings. The van der Waals surface area contributed by atoms with Gasteiger partial charge in [-0.1, -0.05) is 54.6 Å². The van der Waals surface area contributed by atoms with Gasteiger partial charge >= 0.3 is 0 Å². The smallest absolute Gasteiger partial charge is 0.178 e. The molecule has 0 radical (unpaired) electrons. The third-order valence-electron chi connectivity index (χ3n) is 8.45. The first-order valence-corrected chi connectivity index (χ1v) is 13.9. The Hall–Kier alpha value is -3.72. The highest BCUT2D eigenvalue weighted by atomic mass is 16.5. The van der Waals surface area contributed by atoms with Gasteiger partial charge in [0.05, 0.1) is 0 Å². The zero-order valence-corrected chi connectivity index (χ0v) is 21.4. The Morgan fingerprint density at radius 3 is 2.00 bits per heavy atom. The molecule has 0 aliphatic carbocycles. The number of ether oxygens (including phenoxy) is 1. The summed E-state index contributed by atoms with van der Waals surface area (Å²) in [7, 11) is 0. The minimum absolute atomic E-state index is 0.654. The number of hydrogen-bond donors (Lipinski definition) is 0. The third-order valence-corrected chi connectivity index (χ3v) is 8.45. The summed E-state index contributed by atoms with van der Waals surface area (Å²) in [6.45, 7) is 4.63. The lowest BCUT2D eigenvalue weighted by molar-refractivity contribution is 0.161. The lowest BCUT2D eigenvalue weighted by Gasteiger charge is -2.36. The van der Waals surface area contributed by atoms with Gasteiger partial charge < -0.3 is 14.5 Å². The summed E-state index contributed by atoms with van der Waals surface area (Å²) in [5.74, 6) is 0.938. The fraction of sp³-hybridized carbons (Fsp3) is 0.294. The molecule has 2 saturated heterocycles. The van der Waals surface area contributed by atoms with Crippen LogP contribution in [0.5, 0.6) is 5.75 Å². The second-order valence-corrected chi connectivity index (χ2v) is 10.7. The number of fused-ring (bicyclic) bond motifs is 3. The van der Waals surface area contributed by atoms with E-state index in [9.17, 15) is 0 Å². The number of benzene rings is 4. The van der Waals surface area contributed by atoms with Crippen LogP contribution in [0.1, 0.15) is 48.8 Å². The fourth-order valence-corrected chi connectivity index (χ4v) is 6.40. The molecule has 1 unspecified atom stereocenters. The van der Waals surface area contributed by atoms with E-state index in [1.54, 1.807) is 0 Å². The van der Waals surface area contributed by atoms with Crippen LogP contribution in [0.2, 0.25) is 0 Å². The van der Waals surface area contributed by atoms with Crippen molar-refractivity contribution in [2.75, 3.05) is 36.0 Å². The minimum Gasteiger partial charge on any atom is -0.473 e. The molecule has 0 N–H and O–H groups in total. The van der Waals surface area contributed by atoms with E-state index in [4.69, 9.17) is 4.74 Å². The summed E-state index contributed by atoms with van der Waals surface area (Å²) in [6, 6.07) is 31.0. The first-order chi connectivity index (χ1) is 18.3. The highest BCUT2D eigenvalue weighted by Gasteiger charge is 2.37. The Labute approximate surface area is 220 Å². The van der Waals surface area contributed by atoms with E-state index in [0.717, 1.165) is 43.1 Å². The normalized spacial score (nSPS) is 21.2. The molecule has 2 fully saturated rings. The molecule has 37 heavy (non-hydrogen) atoms. The lowest BCUT2D eigenvalue weighted by Crippen LogP contribution is -2.34. The van der Waals surface area contributed by atoms with Gasteiger partial charge in [-0.3, -0.25) is 0 Å². The predicted octanol–water partition coefficient (Wildman–Crippen LogP) is 7.78. The first kappa shape index (κ1) is 22.5. The van der Waals surface area contributed by atoms with Crippen LogP contribution in [0.15, 0.2) is 91.0 Å². The Balaban J connectivity index is 1.28. The van der Waals surface area contributed by atoms with Crippen LogP contribution in [0, 0.1) is 0 Å². The zero-order valence-electron chi connectivity index (χ0n) is 21.4. The van der Waals surface area contributed by atoms with Crippen LogP contribution in [-0.2, 0) is 5.60 Å². The maximum Gasteiger partial charge on any atom is 0.178 e. The third kappa shape index (κ3) is 3.98. The molecule has 0 saturated carbocycles. The molecular formula is C34H34N2O. The van der Waals surface area contributed by atoms with E-state index in [1.165, 1.54) is 59.8 Å². The first-order valence-electron chi connectivity index (χ1n) is 13.9. The van der Waals surface area contributed by atoms with Gasteiger partial charge in [-0.2, -0.15) is 0 Å². The molecule has 0 spiro atoms. The lowest BCUT2D eigenvalue weighted by atomic mass is 9.83. The Morgan fingerprint density at radius 2 is 1.24 bits per heavy atom. The van der Waals surface area contributed by atoms with E-state index >= 15 is 0 Å². The predicted molar refractivity (Wildman–Crippen MR) is 155 cm³/mol. The highest BCUT2D eigenvalue weighted by Crippen LogP contribution is 2.45. The molecule has 7 rings (SSSR count). The average Bonchev–Trinajstić information content (AvgIpc) is 3.53. The SMILES string of the molecule is C1=CC(c2ccccc2)(c2ccc(N3CCCC3)cc2)Oc2ccc3cc(N4CCCCC4)ccc3c21. The quantitative estimate of drug-likeness (QED) is 0.293. The molecule has 3 aliphatic rings. The molecule has 0 amide bonds. The van der Waals surface area contributed by atoms with Crippen molar-refractivity contribution < 1.29 is 4.74 Å². The van der Waals surface area contributed by atoms with Gasteiger partial charge in [-0.05, 0) is 85.4 Å². The average molecular weight is 487 g/mol. The number of piperidine rings is 1. The van der Waals surface area contributed by atoms with Gasteiger partial charge in [-0.25, -0.2) is 0 Å². The fourth-order valence-electron chi connectivity index (χ4n) is 6.40. The summed E-state index contributed by atoms with van der Waals surface area (Å²) in [5, 5.41) is 2.53. The van der Waals surface area contributed by atoms with Crippen molar-refractivity contribution in [3.05, 3.63) is 108 Å². The summed E-state index contributed by atoms with van der Waals surface area (Å²) >= 11 is 0. The molecule has 3 heterocycles. The molecule has 0 bridgehead atoms. The van der Waals surface area contributed by atoms with Gasteiger partial charge in [0.1, 0.15) is 5.75 Å². The summed E-state index contributed by atoms with van der Waals surface area (Å²) in [4.78, 5) is 5.01. The summed E-state index contributed by atoms with van der Waals surface area (Å²) in [5.41, 5.74) is 5.46. The van der Waals surface area contributed by atoms with Gasteiger partial charge in [0.25, 0.3) is 0 Å². The van der Waals surface area contributed by atoms with Crippen molar-refractivity contribution in [3.8, 4) is 5.75 Å². The van der Waals surface area contributed by atoms with Gasteiger partial charge in [0.15, 0.2) is 5.60 Å². The number of anilines is 2. The van der Waals surface area contributed by atoms with Crippen LogP contribution in [0.3, 0.4) is 0 Å². The molecule has 3 aliphatic heterocycles. The standard InChI is InChI=1S/C34H34N2O/c1-3-9-27(10-4-1)34(28-12-14-29(15-13-28)35-23-7-8-24-35)20-19-32-31-17-16-30(36-21-5-2-6-22-36)25-26(31)11-18-33(32)37-34/h1,3-4,9-20,25H,2,5-8,21-24H2. The van der Waals surface area contributed by atoms with E-state index in [-0.39, 0.29) is 0 Å². The topological polar surface area (TPSA) is 15.7 Å². The van der Waals surface area contributed by atoms with Crippen molar-refractivity contribution in [2.45, 2.75) is 37.7 Å². The number of nitrogens with zero attached hydrogens (tertiary/aromatic N) is 2. The van der Waals surface area contributed by atoms with E-state index in [0.29, 0.717) is 0 Å². The van der Waals surface area contributed by atoms with Crippen LogP contribution < -0.4 is 14.5 Å². The van der Waals surface area contributed by atoms with E-state index in [1.807, 2.05) is 0 Å². The summed E-state index contributed by atoms with van der Waals surface area (Å²) in [6.07, 6.45) is 11.0. The molecule has 3 nitrogen and oxygen atoms in total. The van der Waals surface area contributed by atoms with Crippen LogP contribution in [-0.4, -0.2) is 26.2 Å². The Kier molecular flexibility index (Phi) is 5.65. The second kappa shape index (κ2) is 9.30. The number of hydrogen-bond acceptors (Lipinski definition) is 3. The number of rotatable bonds is 4. The Bertz CT molecular complexity index is 1430. The highest BCUT2D eigenvalue weighted by molar-refractivity contribution is 5.96. The maximum absolute atomic E-state index is 7.00. The molecule has 0 aromatic heterocycles. The van der Waals surface area contributed by atoms with E-state index in [2.05, 4.69) is 107 Å². The molecule has 3 heteroatoms. The molecule has 4 aromatic carbocycles. The molecule has 1 atom stereocenters. The van der Waals surface area contributed by atoms with Crippen molar-refractivity contribution in [2.24, 2.45) is 0 Å². The molecular weight excluding hydrogens is 452 g/mol. The second-order valence-electron chi connectivity index (χ2n) is 10.7. The van der Waals surface area contributed by atoms with Crippen molar-refractivity contribution >= 4 is 28.2 Å². The van der Waals surface area contributed by atoms with Crippen LogP contribution in [0.25, 0.3) is 16.8 Å². The van der Waals surface area contributed by atoms with Crippen molar-refractivity contribution in [1.82, 2.24) is 0 Å². The summed E-state index contributed by atoms with van der Waals surface area (Å²) < 4.78 is 7.00. The maximum atomic E-state index is 7.00. The Morgan fingerprint density at radius 1 is 0.595 bits per heavy atom. The van der Waals surface area contributed by atoms with Gasteiger partial charge in [0, 0.05) is 54.2 Å². The van der Waals surface area contributed by atoms with Crippen LogP contribution >= 0.6 is 0 Å². The van der Waals surface area contributed by atoms with Crippen molar-refractivity contribution in [1.29, 1.82) is 0 Å². The van der Waals surface area contributed by atoms with E-state index < -0.39 is 5.60 Å². The van der Waals surface area contributed by atoms with Crippen LogP contribution in [0.4, 0.5) is 11.4 Å². The van der Waals surface area contributed by atoms with Crippen molar-refractivity contribution in [3.63, 3.8) is 0 Å². The van der Waals surface area contributed by atoms with Gasteiger partial charge in [0.2, 0.25) is 0 Å². The minimum atomic E-state index is -0.654. The van der Waals surface area contributed by atoms with Gasteiger partial charge in [-0.15, -0.1) is 0 Å². The molecule has 186 valence electrons. The largest absolute Gasteiger partial charge is 0.473 e. The monoisotopic (exact) mass is 486 g/mol.